The van der Waals surface area contributed by atoms with Crippen molar-refractivity contribution in [2.75, 3.05) is 0 Å². The lowest BCUT2D eigenvalue weighted by Crippen LogP contribution is -2.12. The maximum atomic E-state index is 11.6. The average Bonchev–Trinajstić information content (AvgIpc) is 2.50. The standard InChI is InChI=1S/C18H24O3/c1-6-17(21-18(19)13(2)3)14(4)12-20-15(5)16-10-8-7-9-11-16/h6-13,15H,1-5H3/b14-12+,17-6-/t15-/m0/s1. The minimum Gasteiger partial charge on any atom is -0.493 e. The van der Waals surface area contributed by atoms with Crippen LogP contribution in [0.4, 0.5) is 0 Å². The zero-order valence-corrected chi connectivity index (χ0v) is 13.4. The average molecular weight is 288 g/mol. The number of rotatable bonds is 6. The minimum atomic E-state index is -0.244. The molecule has 1 aromatic rings. The fourth-order valence-electron chi connectivity index (χ4n) is 1.66. The Bertz CT molecular complexity index is 513. The molecule has 1 rings (SSSR count). The largest absolute Gasteiger partial charge is 0.493 e. The van der Waals surface area contributed by atoms with Crippen LogP contribution in [0.1, 0.15) is 46.3 Å². The summed E-state index contributed by atoms with van der Waals surface area (Å²) in [7, 11) is 0. The number of benzene rings is 1. The van der Waals surface area contributed by atoms with Gasteiger partial charge in [0.1, 0.15) is 11.9 Å². The fourth-order valence-corrected chi connectivity index (χ4v) is 1.66. The molecule has 0 aliphatic carbocycles. The summed E-state index contributed by atoms with van der Waals surface area (Å²) >= 11 is 0. The Morgan fingerprint density at radius 1 is 1.14 bits per heavy atom. The van der Waals surface area contributed by atoms with Gasteiger partial charge in [0.2, 0.25) is 0 Å². The first kappa shape index (κ1) is 17.0. The van der Waals surface area contributed by atoms with E-state index in [2.05, 4.69) is 0 Å². The maximum Gasteiger partial charge on any atom is 0.313 e. The summed E-state index contributed by atoms with van der Waals surface area (Å²) in [6, 6.07) is 9.97. The molecule has 1 aromatic carbocycles. The van der Waals surface area contributed by atoms with Gasteiger partial charge in [0.05, 0.1) is 12.2 Å². The van der Waals surface area contributed by atoms with Gasteiger partial charge in [0.15, 0.2) is 0 Å². The van der Waals surface area contributed by atoms with Crippen molar-refractivity contribution in [3.8, 4) is 0 Å². The summed E-state index contributed by atoms with van der Waals surface area (Å²) in [4.78, 5) is 11.6. The Kier molecular flexibility index (Phi) is 6.73. The van der Waals surface area contributed by atoms with Gasteiger partial charge in [-0.3, -0.25) is 4.79 Å². The van der Waals surface area contributed by atoms with Crippen LogP contribution in [0.25, 0.3) is 0 Å². The molecule has 0 saturated carbocycles. The molecule has 0 fully saturated rings. The smallest absolute Gasteiger partial charge is 0.313 e. The number of esters is 1. The number of ether oxygens (including phenoxy) is 2. The molecule has 21 heavy (non-hydrogen) atoms. The lowest BCUT2D eigenvalue weighted by atomic mass is 10.1. The molecule has 0 amide bonds. The summed E-state index contributed by atoms with van der Waals surface area (Å²) in [6.45, 7) is 9.29. The van der Waals surface area contributed by atoms with Gasteiger partial charge in [0, 0.05) is 5.57 Å². The Balaban J connectivity index is 2.68. The molecule has 0 aliphatic rings. The van der Waals surface area contributed by atoms with Crippen LogP contribution in [0.5, 0.6) is 0 Å². The number of carbonyl (C=O) groups is 1. The van der Waals surface area contributed by atoms with Gasteiger partial charge in [-0.2, -0.15) is 0 Å². The van der Waals surface area contributed by atoms with Crippen molar-refractivity contribution in [1.29, 1.82) is 0 Å². The van der Waals surface area contributed by atoms with Gasteiger partial charge in [-0.25, -0.2) is 0 Å². The summed E-state index contributed by atoms with van der Waals surface area (Å²) < 4.78 is 11.1. The molecule has 3 heteroatoms. The molecule has 0 unspecified atom stereocenters. The van der Waals surface area contributed by atoms with Gasteiger partial charge in [0.25, 0.3) is 0 Å². The third-order valence-corrected chi connectivity index (χ3v) is 3.05. The molecule has 0 heterocycles. The first-order valence-electron chi connectivity index (χ1n) is 7.21. The van der Waals surface area contributed by atoms with Gasteiger partial charge in [-0.15, -0.1) is 0 Å². The van der Waals surface area contributed by atoms with E-state index >= 15 is 0 Å². The highest BCUT2D eigenvalue weighted by molar-refractivity contribution is 5.73. The predicted molar refractivity (Wildman–Crippen MR) is 84.4 cm³/mol. The van der Waals surface area contributed by atoms with E-state index in [4.69, 9.17) is 9.47 Å². The molecule has 3 nitrogen and oxygen atoms in total. The van der Waals surface area contributed by atoms with E-state index in [9.17, 15) is 4.79 Å². The second-order valence-corrected chi connectivity index (χ2v) is 5.22. The van der Waals surface area contributed by atoms with E-state index in [1.165, 1.54) is 0 Å². The first-order chi connectivity index (χ1) is 9.95. The van der Waals surface area contributed by atoms with Crippen LogP contribution < -0.4 is 0 Å². The molecule has 1 atom stereocenters. The highest BCUT2D eigenvalue weighted by atomic mass is 16.5. The van der Waals surface area contributed by atoms with Crippen LogP contribution in [-0.4, -0.2) is 5.97 Å². The zero-order chi connectivity index (χ0) is 15.8. The van der Waals surface area contributed by atoms with E-state index in [-0.39, 0.29) is 18.0 Å². The van der Waals surface area contributed by atoms with Gasteiger partial charge < -0.3 is 9.47 Å². The number of hydrogen-bond donors (Lipinski definition) is 0. The van der Waals surface area contributed by atoms with Crippen molar-refractivity contribution in [2.45, 2.75) is 40.7 Å². The number of allylic oxidation sites excluding steroid dienone is 2. The second kappa shape index (κ2) is 8.30. The molecular formula is C18H24O3. The molecule has 0 spiro atoms. The van der Waals surface area contributed by atoms with Gasteiger partial charge in [-0.1, -0.05) is 44.2 Å². The normalized spacial score (nSPS) is 14.0. The van der Waals surface area contributed by atoms with E-state index in [1.54, 1.807) is 12.3 Å². The van der Waals surface area contributed by atoms with Crippen LogP contribution >= 0.6 is 0 Å². The Morgan fingerprint density at radius 3 is 2.29 bits per heavy atom. The van der Waals surface area contributed by atoms with Crippen LogP contribution in [0.3, 0.4) is 0 Å². The topological polar surface area (TPSA) is 35.5 Å². The monoisotopic (exact) mass is 288 g/mol. The van der Waals surface area contributed by atoms with Crippen molar-refractivity contribution < 1.29 is 14.3 Å². The lowest BCUT2D eigenvalue weighted by molar-refractivity contribution is -0.142. The summed E-state index contributed by atoms with van der Waals surface area (Å²) in [5.74, 6) is 0.137. The molecule has 0 radical (unpaired) electrons. The van der Waals surface area contributed by atoms with E-state index in [0.717, 1.165) is 11.1 Å². The van der Waals surface area contributed by atoms with Crippen LogP contribution in [0, 0.1) is 5.92 Å². The van der Waals surface area contributed by atoms with Gasteiger partial charge >= 0.3 is 5.97 Å². The number of hydrogen-bond acceptors (Lipinski definition) is 3. The van der Waals surface area contributed by atoms with E-state index in [0.29, 0.717) is 5.76 Å². The van der Waals surface area contributed by atoms with Crippen LogP contribution in [-0.2, 0) is 14.3 Å². The molecule has 0 aromatic heterocycles. The van der Waals surface area contributed by atoms with Crippen LogP contribution in [0.2, 0.25) is 0 Å². The second-order valence-electron chi connectivity index (χ2n) is 5.22. The first-order valence-corrected chi connectivity index (χ1v) is 7.21. The predicted octanol–water partition coefficient (Wildman–Crippen LogP) is 4.77. The van der Waals surface area contributed by atoms with Crippen molar-refractivity contribution >= 4 is 5.97 Å². The van der Waals surface area contributed by atoms with Crippen LogP contribution in [0.15, 0.2) is 54.0 Å². The summed E-state index contributed by atoms with van der Waals surface area (Å²) in [6.07, 6.45) is 3.35. The lowest BCUT2D eigenvalue weighted by Gasteiger charge is -2.14. The molecule has 0 aliphatic heterocycles. The quantitative estimate of drug-likeness (QED) is 0.429. The van der Waals surface area contributed by atoms with Crippen molar-refractivity contribution in [2.24, 2.45) is 5.92 Å². The zero-order valence-electron chi connectivity index (χ0n) is 13.4. The van der Waals surface area contributed by atoms with Gasteiger partial charge in [-0.05, 0) is 32.4 Å². The highest BCUT2D eigenvalue weighted by Gasteiger charge is 2.13. The van der Waals surface area contributed by atoms with E-state index in [1.807, 2.05) is 65.0 Å². The van der Waals surface area contributed by atoms with Crippen molar-refractivity contribution in [3.05, 3.63) is 59.6 Å². The van der Waals surface area contributed by atoms with Crippen molar-refractivity contribution in [3.63, 3.8) is 0 Å². The molecule has 0 bridgehead atoms. The highest BCUT2D eigenvalue weighted by Crippen LogP contribution is 2.19. The third-order valence-electron chi connectivity index (χ3n) is 3.05. The van der Waals surface area contributed by atoms with E-state index < -0.39 is 0 Å². The maximum absolute atomic E-state index is 11.6. The van der Waals surface area contributed by atoms with Crippen molar-refractivity contribution in [1.82, 2.24) is 0 Å². The summed E-state index contributed by atoms with van der Waals surface area (Å²) in [5.41, 5.74) is 1.89. The summed E-state index contributed by atoms with van der Waals surface area (Å²) in [5, 5.41) is 0. The Hall–Kier alpha value is -2.03. The molecule has 114 valence electrons. The number of carbonyl (C=O) groups excluding carboxylic acids is 1. The fraction of sp³-hybridized carbons (Fsp3) is 0.389. The Labute approximate surface area is 127 Å². The minimum absolute atomic E-state index is 0.0555. The Morgan fingerprint density at radius 2 is 1.76 bits per heavy atom. The molecule has 0 N–H and O–H groups in total. The molecule has 0 saturated heterocycles. The molecular weight excluding hydrogens is 264 g/mol. The third kappa shape index (κ3) is 5.46. The SMILES string of the molecule is C/C=C(OC(=O)C(C)C)/C(C)=C/O[C@@H](C)c1ccccc1.